The van der Waals surface area contributed by atoms with Gasteiger partial charge >= 0.3 is 6.03 Å². The van der Waals surface area contributed by atoms with Crippen molar-refractivity contribution in [2.24, 2.45) is 0 Å². The first-order valence-corrected chi connectivity index (χ1v) is 8.75. The summed E-state index contributed by atoms with van der Waals surface area (Å²) in [5.74, 6) is -0.333. The van der Waals surface area contributed by atoms with Crippen LogP contribution in [0.5, 0.6) is 0 Å². The molecule has 0 spiro atoms. The Hall–Kier alpha value is -2.40. The van der Waals surface area contributed by atoms with Crippen molar-refractivity contribution in [2.45, 2.75) is 32.7 Å². The SMILES string of the molecule is Cc1ccc(NC(=O)Nc2ccc(CN3CCCCC3)cc2)cc1F. The van der Waals surface area contributed by atoms with Crippen LogP contribution in [-0.2, 0) is 6.54 Å². The topological polar surface area (TPSA) is 44.4 Å². The molecule has 25 heavy (non-hydrogen) atoms. The maximum Gasteiger partial charge on any atom is 0.323 e. The van der Waals surface area contributed by atoms with E-state index in [2.05, 4.69) is 15.5 Å². The van der Waals surface area contributed by atoms with Gasteiger partial charge in [-0.15, -0.1) is 0 Å². The Bertz CT molecular complexity index is 724. The van der Waals surface area contributed by atoms with E-state index in [9.17, 15) is 9.18 Å². The minimum Gasteiger partial charge on any atom is -0.308 e. The molecule has 1 fully saturated rings. The number of urea groups is 1. The molecule has 0 saturated carbocycles. The van der Waals surface area contributed by atoms with Crippen LogP contribution >= 0.6 is 0 Å². The van der Waals surface area contributed by atoms with Crippen molar-refractivity contribution in [1.82, 2.24) is 4.90 Å². The fourth-order valence-corrected chi connectivity index (χ4v) is 3.03. The van der Waals surface area contributed by atoms with Gasteiger partial charge in [-0.05, 0) is 68.2 Å². The third-order valence-electron chi connectivity index (χ3n) is 4.50. The molecule has 3 rings (SSSR count). The first-order chi connectivity index (χ1) is 12.1. The average molecular weight is 341 g/mol. The lowest BCUT2D eigenvalue weighted by Gasteiger charge is -2.26. The molecule has 4 nitrogen and oxygen atoms in total. The smallest absolute Gasteiger partial charge is 0.308 e. The van der Waals surface area contributed by atoms with Crippen LogP contribution in [0.3, 0.4) is 0 Å². The van der Waals surface area contributed by atoms with Crippen LogP contribution in [0, 0.1) is 12.7 Å². The number of anilines is 2. The van der Waals surface area contributed by atoms with E-state index in [1.165, 1.54) is 30.9 Å². The maximum atomic E-state index is 13.5. The molecule has 1 saturated heterocycles. The van der Waals surface area contributed by atoms with Gasteiger partial charge in [0.25, 0.3) is 0 Å². The molecule has 2 N–H and O–H groups in total. The Morgan fingerprint density at radius 1 is 1.00 bits per heavy atom. The molecule has 2 amide bonds. The van der Waals surface area contributed by atoms with Crippen LogP contribution in [-0.4, -0.2) is 24.0 Å². The van der Waals surface area contributed by atoms with Crippen molar-refractivity contribution >= 4 is 17.4 Å². The van der Waals surface area contributed by atoms with Gasteiger partial charge in [-0.2, -0.15) is 0 Å². The van der Waals surface area contributed by atoms with E-state index >= 15 is 0 Å². The molecule has 0 radical (unpaired) electrons. The van der Waals surface area contributed by atoms with Crippen molar-refractivity contribution in [3.63, 3.8) is 0 Å². The van der Waals surface area contributed by atoms with Gasteiger partial charge < -0.3 is 10.6 Å². The van der Waals surface area contributed by atoms with Gasteiger partial charge in [-0.25, -0.2) is 9.18 Å². The summed E-state index contributed by atoms with van der Waals surface area (Å²) >= 11 is 0. The van der Waals surface area contributed by atoms with Crippen LogP contribution in [0.4, 0.5) is 20.6 Å². The number of likely N-dealkylation sites (tertiary alicyclic amines) is 1. The second-order valence-corrected chi connectivity index (χ2v) is 6.58. The third-order valence-corrected chi connectivity index (χ3v) is 4.50. The number of piperidine rings is 1. The van der Waals surface area contributed by atoms with E-state index < -0.39 is 0 Å². The lowest BCUT2D eigenvalue weighted by Crippen LogP contribution is -2.29. The van der Waals surface area contributed by atoms with Crippen molar-refractivity contribution in [1.29, 1.82) is 0 Å². The third kappa shape index (κ3) is 5.03. The molecule has 2 aromatic rings. The second kappa shape index (κ2) is 8.12. The number of rotatable bonds is 4. The number of aryl methyl sites for hydroxylation is 1. The van der Waals surface area contributed by atoms with Gasteiger partial charge in [-0.3, -0.25) is 4.90 Å². The Morgan fingerprint density at radius 3 is 2.32 bits per heavy atom. The number of nitrogens with zero attached hydrogens (tertiary/aromatic N) is 1. The van der Waals surface area contributed by atoms with Crippen molar-refractivity contribution in [2.75, 3.05) is 23.7 Å². The normalized spacial score (nSPS) is 15.0. The zero-order valence-electron chi connectivity index (χ0n) is 14.5. The van der Waals surface area contributed by atoms with E-state index in [1.807, 2.05) is 24.3 Å². The summed E-state index contributed by atoms with van der Waals surface area (Å²) in [4.78, 5) is 14.5. The molecule has 5 heteroatoms. The van der Waals surface area contributed by atoms with E-state index in [4.69, 9.17) is 0 Å². The molecule has 0 atom stereocenters. The van der Waals surface area contributed by atoms with Crippen molar-refractivity contribution < 1.29 is 9.18 Å². The number of carbonyl (C=O) groups excluding carboxylic acids is 1. The number of halogens is 1. The van der Waals surface area contributed by atoms with Crippen LogP contribution in [0.15, 0.2) is 42.5 Å². The molecule has 0 aromatic heterocycles. The summed E-state index contributed by atoms with van der Waals surface area (Å²) in [6.45, 7) is 4.96. The Labute approximate surface area is 148 Å². The molecule has 0 aliphatic carbocycles. The predicted molar refractivity (Wildman–Crippen MR) is 99.3 cm³/mol. The standard InChI is InChI=1S/C20H24FN3O/c1-15-5-8-18(13-19(15)21)23-20(25)22-17-9-6-16(7-10-17)14-24-11-3-2-4-12-24/h5-10,13H,2-4,11-12,14H2,1H3,(H2,22,23,25). The van der Waals surface area contributed by atoms with Gasteiger partial charge in [0.1, 0.15) is 5.82 Å². The van der Waals surface area contributed by atoms with Crippen LogP contribution in [0.1, 0.15) is 30.4 Å². The van der Waals surface area contributed by atoms with Crippen LogP contribution in [0.2, 0.25) is 0 Å². The molecular formula is C20H24FN3O. The summed E-state index contributed by atoms with van der Waals surface area (Å²) < 4.78 is 13.5. The van der Waals surface area contributed by atoms with E-state index in [-0.39, 0.29) is 11.8 Å². The monoisotopic (exact) mass is 341 g/mol. The van der Waals surface area contributed by atoms with Gasteiger partial charge in [0.2, 0.25) is 0 Å². The molecule has 1 heterocycles. The van der Waals surface area contributed by atoms with Gasteiger partial charge in [0.15, 0.2) is 0 Å². The van der Waals surface area contributed by atoms with Gasteiger partial charge in [-0.1, -0.05) is 24.6 Å². The second-order valence-electron chi connectivity index (χ2n) is 6.58. The largest absolute Gasteiger partial charge is 0.323 e. The van der Waals surface area contributed by atoms with E-state index in [0.29, 0.717) is 16.9 Å². The fourth-order valence-electron chi connectivity index (χ4n) is 3.03. The highest BCUT2D eigenvalue weighted by Crippen LogP contribution is 2.17. The van der Waals surface area contributed by atoms with Crippen LogP contribution < -0.4 is 10.6 Å². The minimum absolute atomic E-state index is 0.333. The lowest BCUT2D eigenvalue weighted by molar-refractivity contribution is 0.221. The number of amides is 2. The molecule has 2 aromatic carbocycles. The molecular weight excluding hydrogens is 317 g/mol. The molecule has 0 bridgehead atoms. The number of carbonyl (C=O) groups is 1. The molecule has 132 valence electrons. The quantitative estimate of drug-likeness (QED) is 0.842. The minimum atomic E-state index is -0.382. The van der Waals surface area contributed by atoms with Crippen molar-refractivity contribution in [3.05, 3.63) is 59.4 Å². The fraction of sp³-hybridized carbons (Fsp3) is 0.350. The number of benzene rings is 2. The van der Waals surface area contributed by atoms with Gasteiger partial charge in [0, 0.05) is 17.9 Å². The maximum absolute atomic E-state index is 13.5. The zero-order valence-corrected chi connectivity index (χ0v) is 14.5. The summed E-state index contributed by atoms with van der Waals surface area (Å²) in [5, 5.41) is 5.41. The summed E-state index contributed by atoms with van der Waals surface area (Å²) in [5.41, 5.74) is 2.94. The Balaban J connectivity index is 1.53. The van der Waals surface area contributed by atoms with Crippen molar-refractivity contribution in [3.8, 4) is 0 Å². The highest BCUT2D eigenvalue weighted by atomic mass is 19.1. The summed E-state index contributed by atoms with van der Waals surface area (Å²) in [7, 11) is 0. The zero-order chi connectivity index (χ0) is 17.6. The van der Waals surface area contributed by atoms with E-state index in [0.717, 1.165) is 19.6 Å². The molecule has 0 unspecified atom stereocenters. The highest BCUT2D eigenvalue weighted by Gasteiger charge is 2.10. The molecule has 1 aliphatic heterocycles. The van der Waals surface area contributed by atoms with E-state index in [1.54, 1.807) is 19.1 Å². The predicted octanol–water partition coefficient (Wildman–Crippen LogP) is 4.76. The first kappa shape index (κ1) is 17.4. The first-order valence-electron chi connectivity index (χ1n) is 8.75. The summed E-state index contributed by atoms with van der Waals surface area (Å²) in [6.07, 6.45) is 3.89. The number of nitrogens with one attached hydrogen (secondary N) is 2. The van der Waals surface area contributed by atoms with Gasteiger partial charge in [0.05, 0.1) is 0 Å². The van der Waals surface area contributed by atoms with Crippen LogP contribution in [0.25, 0.3) is 0 Å². The number of hydrogen-bond donors (Lipinski definition) is 2. The Kier molecular flexibility index (Phi) is 5.66. The average Bonchev–Trinajstić information content (AvgIpc) is 2.61. The lowest BCUT2D eigenvalue weighted by atomic mass is 10.1. The summed E-state index contributed by atoms with van der Waals surface area (Å²) in [6, 6.07) is 12.1. The Morgan fingerprint density at radius 2 is 1.64 bits per heavy atom. The number of hydrogen-bond acceptors (Lipinski definition) is 2. The molecule has 1 aliphatic rings. The highest BCUT2D eigenvalue weighted by molar-refractivity contribution is 5.99.